The minimum Gasteiger partial charge on any atom is -0.309 e. The molecule has 0 N–H and O–H groups in total. The van der Waals surface area contributed by atoms with E-state index in [9.17, 15) is 0 Å². The number of rotatable bonds is 7. The van der Waals surface area contributed by atoms with Gasteiger partial charge in [-0.1, -0.05) is 182 Å². The number of fused-ring (bicyclic) bond motifs is 6. The molecule has 0 aliphatic carbocycles. The molecule has 0 saturated heterocycles. The zero-order chi connectivity index (χ0) is 41.7. The maximum Gasteiger partial charge on any atom is 0.160 e. The highest BCUT2D eigenvalue weighted by Gasteiger charge is 2.17. The van der Waals surface area contributed by atoms with Gasteiger partial charge in [-0.15, -0.1) is 0 Å². The number of aromatic nitrogens is 4. The van der Waals surface area contributed by atoms with Crippen LogP contribution < -0.4 is 0 Å². The van der Waals surface area contributed by atoms with E-state index in [1.54, 1.807) is 0 Å². The molecule has 0 aliphatic rings. The average molecular weight is 803 g/mol. The van der Waals surface area contributed by atoms with E-state index in [1.165, 1.54) is 32.8 Å². The Labute approximate surface area is 365 Å². The summed E-state index contributed by atoms with van der Waals surface area (Å²) in [6, 6.07) is 81.5. The molecule has 0 atom stereocenters. The van der Waals surface area contributed by atoms with E-state index in [-0.39, 0.29) is 0 Å². The molecule has 0 bridgehead atoms. The quantitative estimate of drug-likeness (QED) is 0.151. The van der Waals surface area contributed by atoms with Crippen molar-refractivity contribution in [3.8, 4) is 73.1 Å². The van der Waals surface area contributed by atoms with E-state index >= 15 is 0 Å². The van der Waals surface area contributed by atoms with Gasteiger partial charge in [-0.2, -0.15) is 0 Å². The SMILES string of the molecule is c1ccc(-c2nc(-c3cccc(-c4cccc(-c5cccc6c(-c7ccccc7)nc7ccccc7c56)c4)c3)cc(-c3cccc(-n4c5ccccc5c5ccccc54)c3)n2)cc1. The topological polar surface area (TPSA) is 43.6 Å². The fraction of sp³-hybridized carbons (Fsp3) is 0. The molecule has 63 heavy (non-hydrogen) atoms. The lowest BCUT2D eigenvalue weighted by Crippen LogP contribution is -1.98. The van der Waals surface area contributed by atoms with Crippen molar-refractivity contribution in [3.05, 3.63) is 231 Å². The lowest BCUT2D eigenvalue weighted by atomic mass is 9.91. The molecular weight excluding hydrogens is 765 g/mol. The molecule has 9 aromatic carbocycles. The van der Waals surface area contributed by atoms with Gasteiger partial charge in [0.15, 0.2) is 5.82 Å². The minimum atomic E-state index is 0.685. The molecule has 12 aromatic rings. The molecule has 4 nitrogen and oxygen atoms in total. The molecule has 0 spiro atoms. The molecule has 3 heterocycles. The van der Waals surface area contributed by atoms with Crippen molar-refractivity contribution in [2.24, 2.45) is 0 Å². The van der Waals surface area contributed by atoms with Gasteiger partial charge in [-0.05, 0) is 70.8 Å². The van der Waals surface area contributed by atoms with Crippen LogP contribution in [0.25, 0.3) is 117 Å². The lowest BCUT2D eigenvalue weighted by molar-refractivity contribution is 1.16. The summed E-state index contributed by atoms with van der Waals surface area (Å²) in [5, 5.41) is 5.96. The number of nitrogens with zero attached hydrogens (tertiary/aromatic N) is 4. The number of para-hydroxylation sites is 3. The molecule has 0 saturated carbocycles. The van der Waals surface area contributed by atoms with Crippen LogP contribution in [0.4, 0.5) is 0 Å². The first kappa shape index (κ1) is 36.4. The predicted octanol–water partition coefficient (Wildman–Crippen LogP) is 15.3. The van der Waals surface area contributed by atoms with Gasteiger partial charge in [0, 0.05) is 54.9 Å². The van der Waals surface area contributed by atoms with E-state index in [0.717, 1.165) is 78.0 Å². The maximum atomic E-state index is 5.23. The van der Waals surface area contributed by atoms with Crippen LogP contribution in [0.5, 0.6) is 0 Å². The van der Waals surface area contributed by atoms with E-state index < -0.39 is 0 Å². The van der Waals surface area contributed by atoms with Crippen molar-refractivity contribution in [1.82, 2.24) is 19.5 Å². The Kier molecular flexibility index (Phi) is 8.79. The van der Waals surface area contributed by atoms with Gasteiger partial charge in [-0.25, -0.2) is 15.0 Å². The van der Waals surface area contributed by atoms with Crippen LogP contribution in [-0.2, 0) is 0 Å². The van der Waals surface area contributed by atoms with E-state index in [1.807, 2.05) is 18.2 Å². The van der Waals surface area contributed by atoms with Gasteiger partial charge >= 0.3 is 0 Å². The fourth-order valence-corrected chi connectivity index (χ4v) is 9.25. The minimum absolute atomic E-state index is 0.685. The van der Waals surface area contributed by atoms with Crippen LogP contribution in [-0.4, -0.2) is 19.5 Å². The standard InChI is InChI=1S/C59H38N4/c1-3-17-39(18-4-1)58-51-31-16-30-47(57(51)50-29-7-10-32-52(50)60-58)43-23-13-21-41(35-43)42-22-14-24-44(36-42)53-38-54(62-59(61-53)40-19-5-2-6-20-40)45-25-15-26-46(37-45)63-55-33-11-8-27-48(55)49-28-9-12-34-56(49)63/h1-38H. The first-order valence-corrected chi connectivity index (χ1v) is 21.4. The molecule has 4 heteroatoms. The summed E-state index contributed by atoms with van der Waals surface area (Å²) in [6.07, 6.45) is 0. The Morgan fingerprint density at radius 3 is 1.49 bits per heavy atom. The molecule has 0 radical (unpaired) electrons. The van der Waals surface area contributed by atoms with Crippen LogP contribution >= 0.6 is 0 Å². The van der Waals surface area contributed by atoms with Crippen LogP contribution in [0.3, 0.4) is 0 Å². The summed E-state index contributed by atoms with van der Waals surface area (Å²) in [6.45, 7) is 0. The molecule has 3 aromatic heterocycles. The summed E-state index contributed by atoms with van der Waals surface area (Å²) in [5.41, 5.74) is 15.8. The highest BCUT2D eigenvalue weighted by atomic mass is 15.0. The molecule has 0 aliphatic heterocycles. The highest BCUT2D eigenvalue weighted by Crippen LogP contribution is 2.40. The van der Waals surface area contributed by atoms with Crippen molar-refractivity contribution in [2.45, 2.75) is 0 Å². The molecule has 12 rings (SSSR count). The van der Waals surface area contributed by atoms with Gasteiger partial charge < -0.3 is 4.57 Å². The Morgan fingerprint density at radius 1 is 0.302 bits per heavy atom. The summed E-state index contributed by atoms with van der Waals surface area (Å²) in [4.78, 5) is 15.6. The largest absolute Gasteiger partial charge is 0.309 e. The molecule has 0 amide bonds. The summed E-state index contributed by atoms with van der Waals surface area (Å²) >= 11 is 0. The van der Waals surface area contributed by atoms with Crippen molar-refractivity contribution in [2.75, 3.05) is 0 Å². The zero-order valence-electron chi connectivity index (χ0n) is 34.2. The Balaban J connectivity index is 0.973. The summed E-state index contributed by atoms with van der Waals surface area (Å²) in [5.74, 6) is 0.685. The van der Waals surface area contributed by atoms with Gasteiger partial charge in [-0.3, -0.25) is 0 Å². The molecule has 294 valence electrons. The van der Waals surface area contributed by atoms with Gasteiger partial charge in [0.25, 0.3) is 0 Å². The first-order chi connectivity index (χ1) is 31.2. The Morgan fingerprint density at radius 2 is 0.794 bits per heavy atom. The number of pyridine rings is 1. The maximum absolute atomic E-state index is 5.23. The van der Waals surface area contributed by atoms with Gasteiger partial charge in [0.2, 0.25) is 0 Å². The second kappa shape index (κ2) is 15.2. The van der Waals surface area contributed by atoms with Crippen molar-refractivity contribution < 1.29 is 0 Å². The third-order valence-corrected chi connectivity index (χ3v) is 12.2. The third kappa shape index (κ3) is 6.44. The monoisotopic (exact) mass is 802 g/mol. The zero-order valence-corrected chi connectivity index (χ0v) is 34.2. The normalized spacial score (nSPS) is 11.5. The summed E-state index contributed by atoms with van der Waals surface area (Å²) < 4.78 is 2.35. The van der Waals surface area contributed by atoms with E-state index in [2.05, 4.69) is 217 Å². The van der Waals surface area contributed by atoms with Crippen LogP contribution in [0, 0.1) is 0 Å². The van der Waals surface area contributed by atoms with Crippen LogP contribution in [0.2, 0.25) is 0 Å². The van der Waals surface area contributed by atoms with Crippen molar-refractivity contribution >= 4 is 43.5 Å². The Bertz CT molecular complexity index is 3630. The lowest BCUT2D eigenvalue weighted by Gasteiger charge is -2.15. The summed E-state index contributed by atoms with van der Waals surface area (Å²) in [7, 11) is 0. The van der Waals surface area contributed by atoms with Crippen LogP contribution in [0.15, 0.2) is 231 Å². The number of hydrogen-bond donors (Lipinski definition) is 0. The Hall–Kier alpha value is -8.47. The molecule has 0 fully saturated rings. The van der Waals surface area contributed by atoms with E-state index in [0.29, 0.717) is 5.82 Å². The second-order valence-electron chi connectivity index (χ2n) is 16.0. The third-order valence-electron chi connectivity index (χ3n) is 12.2. The number of benzene rings is 9. The number of hydrogen-bond acceptors (Lipinski definition) is 3. The molecule has 0 unspecified atom stereocenters. The van der Waals surface area contributed by atoms with Crippen molar-refractivity contribution in [1.29, 1.82) is 0 Å². The smallest absolute Gasteiger partial charge is 0.160 e. The molecular formula is C59H38N4. The first-order valence-electron chi connectivity index (χ1n) is 21.4. The fourth-order valence-electron chi connectivity index (χ4n) is 9.25. The van der Waals surface area contributed by atoms with Gasteiger partial charge in [0.1, 0.15) is 0 Å². The second-order valence-corrected chi connectivity index (χ2v) is 16.0. The highest BCUT2D eigenvalue weighted by molar-refractivity contribution is 6.17. The predicted molar refractivity (Wildman–Crippen MR) is 262 cm³/mol. The average Bonchev–Trinajstić information content (AvgIpc) is 3.71. The van der Waals surface area contributed by atoms with Crippen molar-refractivity contribution in [3.63, 3.8) is 0 Å². The van der Waals surface area contributed by atoms with Crippen LogP contribution in [0.1, 0.15) is 0 Å². The van der Waals surface area contributed by atoms with Gasteiger partial charge in [0.05, 0.1) is 33.6 Å². The van der Waals surface area contributed by atoms with E-state index in [4.69, 9.17) is 15.0 Å².